The van der Waals surface area contributed by atoms with Crippen molar-refractivity contribution in [3.8, 4) is 0 Å². The minimum absolute atomic E-state index is 0.305. The molecule has 74 valence electrons. The van der Waals surface area contributed by atoms with Crippen LogP contribution in [0.1, 0.15) is 26.2 Å². The van der Waals surface area contributed by atoms with E-state index in [1.165, 1.54) is 0 Å². The third kappa shape index (κ3) is 6.79. The third-order valence-corrected chi connectivity index (χ3v) is 2.37. The molecule has 0 aliphatic carbocycles. The maximum Gasteiger partial charge on any atom is 0.263 e. The predicted octanol–water partition coefficient (Wildman–Crippen LogP) is 2.38. The molecule has 0 radical (unpaired) electrons. The van der Waals surface area contributed by atoms with Gasteiger partial charge in [-0.2, -0.15) is 0 Å². The van der Waals surface area contributed by atoms with E-state index in [9.17, 15) is 17.2 Å². The Labute approximate surface area is 75.3 Å². The fourth-order valence-electron chi connectivity index (χ4n) is 0.760. The highest BCUT2D eigenvalue weighted by molar-refractivity contribution is 8.13. The molecular weight excluding hydrogens is 210 g/mol. The average molecular weight is 221 g/mol. The van der Waals surface area contributed by atoms with Crippen molar-refractivity contribution in [1.29, 1.82) is 0 Å². The van der Waals surface area contributed by atoms with Gasteiger partial charge in [0.2, 0.25) is 9.05 Å². The van der Waals surface area contributed by atoms with Crippen LogP contribution in [0.5, 0.6) is 0 Å². The molecule has 0 heterocycles. The summed E-state index contributed by atoms with van der Waals surface area (Å²) in [5, 5.41) is 0. The molecule has 0 saturated carbocycles. The first-order valence-corrected chi connectivity index (χ1v) is 6.05. The van der Waals surface area contributed by atoms with Crippen LogP contribution in [-0.2, 0) is 9.05 Å². The Kier molecular flexibility index (Phi) is 4.40. The van der Waals surface area contributed by atoms with Crippen molar-refractivity contribution in [2.24, 2.45) is 0 Å². The van der Waals surface area contributed by atoms with Gasteiger partial charge in [-0.3, -0.25) is 0 Å². The van der Waals surface area contributed by atoms with Crippen molar-refractivity contribution >= 4 is 19.7 Å². The van der Waals surface area contributed by atoms with E-state index in [1.54, 1.807) is 6.92 Å². The average Bonchev–Trinajstić information content (AvgIpc) is 1.78. The van der Waals surface area contributed by atoms with Crippen molar-refractivity contribution in [3.63, 3.8) is 0 Å². The van der Waals surface area contributed by atoms with Gasteiger partial charge in [-0.25, -0.2) is 17.2 Å². The van der Waals surface area contributed by atoms with Gasteiger partial charge in [0, 0.05) is 17.1 Å². The smallest absolute Gasteiger partial charge is 0.212 e. The van der Waals surface area contributed by atoms with Crippen LogP contribution < -0.4 is 0 Å². The number of hydrogen-bond acceptors (Lipinski definition) is 2. The van der Waals surface area contributed by atoms with E-state index < -0.39 is 27.1 Å². The van der Waals surface area contributed by atoms with Gasteiger partial charge in [0.05, 0.1) is 0 Å². The van der Waals surface area contributed by atoms with Gasteiger partial charge in [0.25, 0.3) is 5.92 Å². The normalized spacial score (nSPS) is 13.3. The highest BCUT2D eigenvalue weighted by atomic mass is 35.7. The fourth-order valence-corrected chi connectivity index (χ4v) is 1.89. The molecule has 0 bridgehead atoms. The molecular formula is C6H11ClF2O2S. The van der Waals surface area contributed by atoms with E-state index in [4.69, 9.17) is 0 Å². The van der Waals surface area contributed by atoms with Crippen LogP contribution in [0.4, 0.5) is 8.78 Å². The topological polar surface area (TPSA) is 34.1 Å². The standard InChI is InChI=1S/C6H11ClF2O2S/c1-2-3-4-6(8,9)5-12(7,10)11/h2-5H2,1H3. The second kappa shape index (κ2) is 4.37. The summed E-state index contributed by atoms with van der Waals surface area (Å²) in [5.74, 6) is -4.45. The Morgan fingerprint density at radius 1 is 1.42 bits per heavy atom. The molecule has 0 aliphatic heterocycles. The highest BCUT2D eigenvalue weighted by Gasteiger charge is 2.33. The summed E-state index contributed by atoms with van der Waals surface area (Å²) in [7, 11) is 0.599. The number of unbranched alkanes of at least 4 members (excludes halogenated alkanes) is 1. The van der Waals surface area contributed by atoms with Crippen LogP contribution in [-0.4, -0.2) is 20.1 Å². The Hall–Kier alpha value is 0.1000. The molecule has 0 fully saturated rings. The van der Waals surface area contributed by atoms with E-state index in [0.29, 0.717) is 12.8 Å². The van der Waals surface area contributed by atoms with E-state index in [1.807, 2.05) is 0 Å². The number of hydrogen-bond donors (Lipinski definition) is 0. The summed E-state index contributed by atoms with van der Waals surface area (Å²) < 4.78 is 45.9. The molecule has 0 saturated heterocycles. The first-order chi connectivity index (χ1) is 5.27. The molecule has 0 aromatic heterocycles. The second-order valence-electron chi connectivity index (χ2n) is 2.64. The zero-order valence-corrected chi connectivity index (χ0v) is 8.26. The van der Waals surface area contributed by atoms with E-state index in [0.717, 1.165) is 0 Å². The minimum atomic E-state index is -4.09. The van der Waals surface area contributed by atoms with Crippen molar-refractivity contribution in [1.82, 2.24) is 0 Å². The van der Waals surface area contributed by atoms with Gasteiger partial charge in [-0.05, 0) is 6.42 Å². The van der Waals surface area contributed by atoms with Crippen LogP contribution in [0.15, 0.2) is 0 Å². The molecule has 0 unspecified atom stereocenters. The Morgan fingerprint density at radius 2 is 1.92 bits per heavy atom. The van der Waals surface area contributed by atoms with Crippen LogP contribution in [0.2, 0.25) is 0 Å². The SMILES string of the molecule is CCCCC(F)(F)CS(=O)(=O)Cl. The van der Waals surface area contributed by atoms with Crippen molar-refractivity contribution in [3.05, 3.63) is 0 Å². The molecule has 0 aliphatic rings. The maximum atomic E-state index is 12.6. The minimum Gasteiger partial charge on any atom is -0.212 e. The Bertz CT molecular complexity index is 226. The zero-order chi connectivity index (χ0) is 9.83. The summed E-state index contributed by atoms with van der Waals surface area (Å²) in [6.07, 6.45) is 0.493. The summed E-state index contributed by atoms with van der Waals surface area (Å²) in [5.41, 5.74) is 0. The van der Waals surface area contributed by atoms with Gasteiger partial charge >= 0.3 is 0 Å². The van der Waals surface area contributed by atoms with Crippen molar-refractivity contribution in [2.75, 3.05) is 5.75 Å². The van der Waals surface area contributed by atoms with Crippen molar-refractivity contribution < 1.29 is 17.2 Å². The monoisotopic (exact) mass is 220 g/mol. The van der Waals surface area contributed by atoms with E-state index in [-0.39, 0.29) is 0 Å². The summed E-state index contributed by atoms with van der Waals surface area (Å²) >= 11 is 0. The van der Waals surface area contributed by atoms with Gasteiger partial charge in [0.1, 0.15) is 5.75 Å². The summed E-state index contributed by atoms with van der Waals surface area (Å²) in [6.45, 7) is 1.76. The van der Waals surface area contributed by atoms with Gasteiger partial charge in [-0.1, -0.05) is 13.3 Å². The fraction of sp³-hybridized carbons (Fsp3) is 1.00. The van der Waals surface area contributed by atoms with Crippen LogP contribution in [0.25, 0.3) is 0 Å². The first kappa shape index (κ1) is 12.1. The molecule has 0 spiro atoms. The first-order valence-electron chi connectivity index (χ1n) is 3.57. The summed E-state index contributed by atoms with van der Waals surface area (Å²) in [4.78, 5) is 0. The second-order valence-corrected chi connectivity index (χ2v) is 5.42. The molecule has 12 heavy (non-hydrogen) atoms. The maximum absolute atomic E-state index is 12.6. The van der Waals surface area contributed by atoms with Gasteiger partial charge in [-0.15, -0.1) is 0 Å². The van der Waals surface area contributed by atoms with E-state index >= 15 is 0 Å². The Balaban J connectivity index is 4.04. The highest BCUT2D eigenvalue weighted by Crippen LogP contribution is 2.24. The largest absolute Gasteiger partial charge is 0.263 e. The van der Waals surface area contributed by atoms with Crippen LogP contribution in [0, 0.1) is 0 Å². The molecule has 0 aromatic rings. The van der Waals surface area contributed by atoms with Crippen LogP contribution in [0.3, 0.4) is 0 Å². The van der Waals surface area contributed by atoms with Crippen molar-refractivity contribution in [2.45, 2.75) is 32.1 Å². The lowest BCUT2D eigenvalue weighted by Crippen LogP contribution is -2.25. The molecule has 0 amide bonds. The molecule has 0 atom stereocenters. The third-order valence-electron chi connectivity index (χ3n) is 1.28. The van der Waals surface area contributed by atoms with E-state index in [2.05, 4.69) is 10.7 Å². The number of halogens is 3. The van der Waals surface area contributed by atoms with Gasteiger partial charge in [0.15, 0.2) is 0 Å². The Morgan fingerprint density at radius 3 is 2.25 bits per heavy atom. The van der Waals surface area contributed by atoms with Gasteiger partial charge < -0.3 is 0 Å². The lowest BCUT2D eigenvalue weighted by atomic mass is 10.2. The number of alkyl halides is 2. The number of rotatable bonds is 5. The molecule has 2 nitrogen and oxygen atoms in total. The molecule has 6 heteroatoms. The lowest BCUT2D eigenvalue weighted by molar-refractivity contribution is 0.0148. The zero-order valence-electron chi connectivity index (χ0n) is 6.69. The molecule has 0 N–H and O–H groups in total. The molecule has 0 rings (SSSR count). The lowest BCUT2D eigenvalue weighted by Gasteiger charge is -2.12. The van der Waals surface area contributed by atoms with Crippen LogP contribution >= 0.6 is 10.7 Å². The molecule has 0 aromatic carbocycles. The quantitative estimate of drug-likeness (QED) is 0.667. The summed E-state index contributed by atoms with van der Waals surface area (Å²) in [6, 6.07) is 0. The predicted molar refractivity (Wildman–Crippen MR) is 44.1 cm³/mol.